The number of nitrogens with zero attached hydrogens (tertiary/aromatic N) is 1. The molecule has 27 heavy (non-hydrogen) atoms. The van der Waals surface area contributed by atoms with Crippen molar-refractivity contribution in [3.05, 3.63) is 48.0 Å². The van der Waals surface area contributed by atoms with Crippen molar-refractivity contribution < 1.29 is 13.2 Å². The second kappa shape index (κ2) is 9.51. The number of rotatable bonds is 7. The van der Waals surface area contributed by atoms with Gasteiger partial charge in [-0.15, -0.1) is 0 Å². The van der Waals surface area contributed by atoms with Crippen molar-refractivity contribution in [2.75, 3.05) is 11.4 Å². The highest BCUT2D eigenvalue weighted by Gasteiger charge is 2.33. The Labute approximate surface area is 163 Å². The molecule has 0 radical (unpaired) electrons. The molecule has 0 spiro atoms. The van der Waals surface area contributed by atoms with Crippen molar-refractivity contribution >= 4 is 23.1 Å². The summed E-state index contributed by atoms with van der Waals surface area (Å²) in [6.45, 7) is 2.94. The number of alkyl halides is 3. The Balaban J connectivity index is 0.00000261. The second-order valence-electron chi connectivity index (χ2n) is 6.67. The molecule has 0 saturated heterocycles. The molecule has 1 heterocycles. The predicted molar refractivity (Wildman–Crippen MR) is 107 cm³/mol. The standard InChI is InChI=1S/C21H24F3NS.H3N/c1-2-3-4-5-6-9-14-25-17-10-7-8-11-19(17)26-20-13-12-16(15-18(20)25)21(22,23)24;/h7-8,10-13,15H,2-6,9,14H2,1H3;1H3. The zero-order valence-electron chi connectivity index (χ0n) is 15.7. The van der Waals surface area contributed by atoms with E-state index in [1.54, 1.807) is 17.8 Å². The van der Waals surface area contributed by atoms with Crippen molar-refractivity contribution in [3.63, 3.8) is 0 Å². The summed E-state index contributed by atoms with van der Waals surface area (Å²) in [4.78, 5) is 4.06. The van der Waals surface area contributed by atoms with Crippen LogP contribution < -0.4 is 11.1 Å². The molecule has 2 aromatic rings. The molecule has 3 N–H and O–H groups in total. The third kappa shape index (κ3) is 5.20. The number of fused-ring (bicyclic) bond motifs is 2. The Morgan fingerprint density at radius 2 is 1.52 bits per heavy atom. The van der Waals surface area contributed by atoms with Gasteiger partial charge in [-0.3, -0.25) is 0 Å². The summed E-state index contributed by atoms with van der Waals surface area (Å²) < 4.78 is 39.5. The summed E-state index contributed by atoms with van der Waals surface area (Å²) in [5.74, 6) is 0. The number of para-hydroxylation sites is 1. The minimum atomic E-state index is -4.32. The molecule has 3 rings (SSSR count). The Bertz CT molecular complexity index is 746. The van der Waals surface area contributed by atoms with Crippen LogP contribution in [-0.2, 0) is 6.18 Å². The van der Waals surface area contributed by atoms with Crippen LogP contribution in [-0.4, -0.2) is 6.54 Å². The molecular formula is C21H27F3N2S. The van der Waals surface area contributed by atoms with Gasteiger partial charge in [0.15, 0.2) is 0 Å². The Morgan fingerprint density at radius 1 is 0.852 bits per heavy atom. The number of halogens is 3. The maximum atomic E-state index is 13.2. The van der Waals surface area contributed by atoms with E-state index in [1.165, 1.54) is 37.8 Å². The molecule has 2 nitrogen and oxygen atoms in total. The maximum absolute atomic E-state index is 13.2. The normalized spacial score (nSPS) is 13.0. The monoisotopic (exact) mass is 396 g/mol. The van der Waals surface area contributed by atoms with Gasteiger partial charge in [0, 0.05) is 16.3 Å². The molecule has 2 aromatic carbocycles. The van der Waals surface area contributed by atoms with Crippen LogP contribution in [0.15, 0.2) is 52.3 Å². The topological polar surface area (TPSA) is 38.2 Å². The lowest BCUT2D eigenvalue weighted by atomic mass is 10.1. The molecule has 0 atom stereocenters. The van der Waals surface area contributed by atoms with Crippen LogP contribution in [0.3, 0.4) is 0 Å². The van der Waals surface area contributed by atoms with E-state index in [-0.39, 0.29) is 6.15 Å². The fourth-order valence-corrected chi connectivity index (χ4v) is 4.37. The lowest BCUT2D eigenvalue weighted by molar-refractivity contribution is -0.137. The molecule has 0 bridgehead atoms. The van der Waals surface area contributed by atoms with Crippen molar-refractivity contribution in [3.8, 4) is 0 Å². The number of hydrogen-bond donors (Lipinski definition) is 1. The minimum Gasteiger partial charge on any atom is -0.344 e. The van der Waals surface area contributed by atoms with Gasteiger partial charge in [0.05, 0.1) is 16.9 Å². The highest BCUT2D eigenvalue weighted by Crippen LogP contribution is 2.49. The van der Waals surface area contributed by atoms with Gasteiger partial charge < -0.3 is 11.1 Å². The van der Waals surface area contributed by atoms with Gasteiger partial charge >= 0.3 is 6.18 Å². The molecule has 148 valence electrons. The van der Waals surface area contributed by atoms with Crippen LogP contribution in [0.4, 0.5) is 24.5 Å². The van der Waals surface area contributed by atoms with E-state index < -0.39 is 11.7 Å². The molecule has 0 unspecified atom stereocenters. The van der Waals surface area contributed by atoms with Crippen LogP contribution in [0, 0.1) is 0 Å². The van der Waals surface area contributed by atoms with Crippen LogP contribution in [0.5, 0.6) is 0 Å². The highest BCUT2D eigenvalue weighted by molar-refractivity contribution is 7.99. The lowest BCUT2D eigenvalue weighted by Gasteiger charge is -2.33. The third-order valence-electron chi connectivity index (χ3n) is 4.69. The average molecular weight is 397 g/mol. The molecule has 1 aliphatic rings. The summed E-state index contributed by atoms with van der Waals surface area (Å²) in [7, 11) is 0. The van der Waals surface area contributed by atoms with E-state index in [2.05, 4.69) is 11.8 Å². The van der Waals surface area contributed by atoms with E-state index in [4.69, 9.17) is 0 Å². The van der Waals surface area contributed by atoms with Crippen LogP contribution in [0.2, 0.25) is 0 Å². The van der Waals surface area contributed by atoms with E-state index in [9.17, 15) is 13.2 Å². The molecular weight excluding hydrogens is 369 g/mol. The van der Waals surface area contributed by atoms with Crippen molar-refractivity contribution in [2.24, 2.45) is 0 Å². The number of anilines is 2. The summed E-state index contributed by atoms with van der Waals surface area (Å²) in [6, 6.07) is 12.1. The van der Waals surface area contributed by atoms with Gasteiger partial charge in [0.2, 0.25) is 0 Å². The molecule has 0 saturated carbocycles. The fourth-order valence-electron chi connectivity index (χ4n) is 3.30. The van der Waals surface area contributed by atoms with Crippen LogP contribution >= 0.6 is 11.8 Å². The van der Waals surface area contributed by atoms with Crippen LogP contribution in [0.25, 0.3) is 0 Å². The van der Waals surface area contributed by atoms with Crippen molar-refractivity contribution in [1.82, 2.24) is 6.15 Å². The zero-order valence-corrected chi connectivity index (χ0v) is 16.5. The summed E-state index contributed by atoms with van der Waals surface area (Å²) in [6.07, 6.45) is 2.66. The van der Waals surface area contributed by atoms with Crippen molar-refractivity contribution in [1.29, 1.82) is 0 Å². The largest absolute Gasteiger partial charge is 0.416 e. The molecule has 0 amide bonds. The van der Waals surface area contributed by atoms with Gasteiger partial charge in [0.1, 0.15) is 0 Å². The molecule has 0 fully saturated rings. The van der Waals surface area contributed by atoms with Crippen LogP contribution in [0.1, 0.15) is 51.0 Å². The van der Waals surface area contributed by atoms with Gasteiger partial charge in [-0.1, -0.05) is 62.9 Å². The molecule has 0 aromatic heterocycles. The second-order valence-corrected chi connectivity index (χ2v) is 7.75. The average Bonchev–Trinajstić information content (AvgIpc) is 2.62. The first-order valence-electron chi connectivity index (χ1n) is 9.26. The highest BCUT2D eigenvalue weighted by atomic mass is 32.2. The summed E-state index contributed by atoms with van der Waals surface area (Å²) in [5, 5.41) is 0. The number of hydrogen-bond acceptors (Lipinski definition) is 3. The first kappa shape index (κ1) is 21.6. The minimum absolute atomic E-state index is 0. The first-order chi connectivity index (χ1) is 12.5. The predicted octanol–water partition coefficient (Wildman–Crippen LogP) is 7.83. The Kier molecular flexibility index (Phi) is 7.62. The Hall–Kier alpha value is -1.66. The fraction of sp³-hybridized carbons (Fsp3) is 0.429. The Morgan fingerprint density at radius 3 is 2.26 bits per heavy atom. The summed E-state index contributed by atoms with van der Waals surface area (Å²) in [5.41, 5.74) is 1.11. The SMILES string of the molecule is CCCCCCCCN1c2ccccc2Sc2ccc(C(F)(F)F)cc21.N. The van der Waals surface area contributed by atoms with E-state index in [0.29, 0.717) is 5.69 Å². The smallest absolute Gasteiger partial charge is 0.344 e. The van der Waals surface area contributed by atoms with E-state index >= 15 is 0 Å². The lowest BCUT2D eigenvalue weighted by Crippen LogP contribution is -2.22. The van der Waals surface area contributed by atoms with Crippen molar-refractivity contribution in [2.45, 2.75) is 61.4 Å². The van der Waals surface area contributed by atoms with E-state index in [1.807, 2.05) is 24.3 Å². The molecule has 6 heteroatoms. The van der Waals surface area contributed by atoms with E-state index in [0.717, 1.165) is 34.9 Å². The zero-order chi connectivity index (χ0) is 18.6. The molecule has 0 aliphatic carbocycles. The first-order valence-corrected chi connectivity index (χ1v) is 10.1. The number of benzene rings is 2. The molecule has 1 aliphatic heterocycles. The number of unbranched alkanes of at least 4 members (excludes halogenated alkanes) is 5. The quantitative estimate of drug-likeness (QED) is 0.485. The third-order valence-corrected chi connectivity index (χ3v) is 5.82. The van der Waals surface area contributed by atoms with Gasteiger partial charge in [-0.2, -0.15) is 13.2 Å². The van der Waals surface area contributed by atoms with Gasteiger partial charge in [-0.25, -0.2) is 0 Å². The van der Waals surface area contributed by atoms with Gasteiger partial charge in [0.25, 0.3) is 0 Å². The van der Waals surface area contributed by atoms with Gasteiger partial charge in [-0.05, 0) is 36.8 Å². The maximum Gasteiger partial charge on any atom is 0.416 e. The summed E-state index contributed by atoms with van der Waals surface area (Å²) >= 11 is 1.55.